The van der Waals surface area contributed by atoms with Crippen LogP contribution in [0.2, 0.25) is 0 Å². The first-order valence-corrected chi connectivity index (χ1v) is 12.2. The van der Waals surface area contributed by atoms with Gasteiger partial charge in [0.05, 0.1) is 28.4 Å². The summed E-state index contributed by atoms with van der Waals surface area (Å²) in [7, 11) is 0. The molecule has 0 radical (unpaired) electrons. The molecular formula is C28H32N6O. The zero-order valence-corrected chi connectivity index (χ0v) is 21.1. The number of carbonyl (C=O) groups is 1. The van der Waals surface area contributed by atoms with E-state index >= 15 is 0 Å². The maximum absolute atomic E-state index is 13.3. The number of carbonyl (C=O) groups excluding carboxylic acids is 1. The Labute approximate surface area is 206 Å². The lowest BCUT2D eigenvalue weighted by molar-refractivity contribution is -0.120. The van der Waals surface area contributed by atoms with Crippen molar-refractivity contribution in [3.63, 3.8) is 0 Å². The molecule has 1 fully saturated rings. The van der Waals surface area contributed by atoms with Gasteiger partial charge in [0.25, 0.3) is 0 Å². The quantitative estimate of drug-likeness (QED) is 0.445. The molecule has 1 saturated heterocycles. The molecule has 0 bridgehead atoms. The fourth-order valence-corrected chi connectivity index (χ4v) is 5.33. The molecule has 0 spiro atoms. The topological polar surface area (TPSA) is 75.9 Å². The van der Waals surface area contributed by atoms with Gasteiger partial charge in [-0.2, -0.15) is 10.2 Å². The summed E-state index contributed by atoms with van der Waals surface area (Å²) in [5, 5.41) is 18.2. The van der Waals surface area contributed by atoms with Crippen molar-refractivity contribution in [2.75, 3.05) is 23.3 Å². The Hall–Kier alpha value is -3.74. The van der Waals surface area contributed by atoms with Crippen LogP contribution in [-0.4, -0.2) is 39.0 Å². The Balaban J connectivity index is 1.45. The molecule has 180 valence electrons. The fraction of sp³-hybridized carbons (Fsp3) is 0.357. The molecule has 5 rings (SSSR count). The molecule has 1 aliphatic rings. The SMILES string of the molecule is Cc1cc(C)c(NC(=O)C2CCCN(c3nnc(C)c4c(C)n(-c5ccccc5)nc34)C2)c(C)c1. The van der Waals surface area contributed by atoms with Crippen LogP contribution in [0.1, 0.15) is 40.9 Å². The van der Waals surface area contributed by atoms with Gasteiger partial charge in [0, 0.05) is 18.8 Å². The highest BCUT2D eigenvalue weighted by atomic mass is 16.1. The van der Waals surface area contributed by atoms with E-state index in [1.165, 1.54) is 5.56 Å². The zero-order chi connectivity index (χ0) is 24.7. The third kappa shape index (κ3) is 4.27. The van der Waals surface area contributed by atoms with Gasteiger partial charge >= 0.3 is 0 Å². The van der Waals surface area contributed by atoms with Gasteiger partial charge in [-0.15, -0.1) is 5.10 Å². The maximum atomic E-state index is 13.3. The summed E-state index contributed by atoms with van der Waals surface area (Å²) in [5.74, 6) is 0.690. The van der Waals surface area contributed by atoms with Gasteiger partial charge in [-0.3, -0.25) is 4.79 Å². The predicted molar refractivity (Wildman–Crippen MR) is 140 cm³/mol. The minimum atomic E-state index is -0.126. The largest absolute Gasteiger partial charge is 0.352 e. The van der Waals surface area contributed by atoms with E-state index in [-0.39, 0.29) is 11.8 Å². The second kappa shape index (κ2) is 9.13. The Morgan fingerprint density at radius 1 is 1.00 bits per heavy atom. The number of fused-ring (bicyclic) bond motifs is 1. The van der Waals surface area contributed by atoms with Crippen LogP contribution in [0.15, 0.2) is 42.5 Å². The van der Waals surface area contributed by atoms with Crippen molar-refractivity contribution in [2.45, 2.75) is 47.5 Å². The number of nitrogens with one attached hydrogen (secondary N) is 1. The second-order valence-corrected chi connectivity index (χ2v) is 9.71. The lowest BCUT2D eigenvalue weighted by atomic mass is 9.96. The first-order chi connectivity index (χ1) is 16.8. The van der Waals surface area contributed by atoms with Crippen molar-refractivity contribution < 1.29 is 4.79 Å². The zero-order valence-electron chi connectivity index (χ0n) is 21.1. The van der Waals surface area contributed by atoms with E-state index in [2.05, 4.69) is 46.4 Å². The summed E-state index contributed by atoms with van der Waals surface area (Å²) in [6, 6.07) is 14.3. The normalized spacial score (nSPS) is 16.0. The molecule has 1 unspecified atom stereocenters. The van der Waals surface area contributed by atoms with Gasteiger partial charge in [-0.05, 0) is 70.7 Å². The third-order valence-corrected chi connectivity index (χ3v) is 7.00. The number of aryl methyl sites for hydroxylation is 5. The van der Waals surface area contributed by atoms with Crippen LogP contribution in [0.5, 0.6) is 0 Å². The molecule has 4 aromatic rings. The number of benzene rings is 2. The van der Waals surface area contributed by atoms with E-state index in [1.54, 1.807) is 0 Å². The number of aromatic nitrogens is 4. The smallest absolute Gasteiger partial charge is 0.229 e. The molecule has 3 heterocycles. The summed E-state index contributed by atoms with van der Waals surface area (Å²) in [4.78, 5) is 15.5. The molecule has 0 saturated carbocycles. The number of hydrogen-bond acceptors (Lipinski definition) is 5. The monoisotopic (exact) mass is 468 g/mol. The Bertz CT molecular complexity index is 1390. The summed E-state index contributed by atoms with van der Waals surface area (Å²) in [5.41, 5.74) is 8.06. The summed E-state index contributed by atoms with van der Waals surface area (Å²) >= 11 is 0. The van der Waals surface area contributed by atoms with Crippen LogP contribution in [0.25, 0.3) is 16.6 Å². The summed E-state index contributed by atoms with van der Waals surface area (Å²) in [6.07, 6.45) is 1.77. The van der Waals surface area contributed by atoms with E-state index in [4.69, 9.17) is 5.10 Å². The first kappa shape index (κ1) is 23.0. The van der Waals surface area contributed by atoms with Gasteiger partial charge in [0.15, 0.2) is 5.82 Å². The molecular weight excluding hydrogens is 436 g/mol. The van der Waals surface area contributed by atoms with Crippen LogP contribution in [0.3, 0.4) is 0 Å². The first-order valence-electron chi connectivity index (χ1n) is 12.2. The number of piperidine rings is 1. The van der Waals surface area contributed by atoms with Crippen molar-refractivity contribution in [1.82, 2.24) is 20.0 Å². The number of rotatable bonds is 4. The average molecular weight is 469 g/mol. The highest BCUT2D eigenvalue weighted by Gasteiger charge is 2.30. The number of nitrogens with zero attached hydrogens (tertiary/aromatic N) is 5. The van der Waals surface area contributed by atoms with Crippen molar-refractivity contribution >= 4 is 28.3 Å². The predicted octanol–water partition coefficient (Wildman–Crippen LogP) is 5.21. The Morgan fingerprint density at radius 3 is 2.43 bits per heavy atom. The number of amides is 1. The Morgan fingerprint density at radius 2 is 1.71 bits per heavy atom. The standard InChI is InChI=1S/C28H32N6O/c1-17-14-18(2)25(19(3)15-17)29-28(35)22-10-9-13-33(16-22)27-26-24(20(4)30-31-27)21(5)34(32-26)23-11-7-6-8-12-23/h6-8,11-12,14-15,22H,9-10,13,16H2,1-5H3,(H,29,35). The number of hydrogen-bond donors (Lipinski definition) is 1. The van der Waals surface area contributed by atoms with Gasteiger partial charge in [-0.1, -0.05) is 35.9 Å². The molecule has 2 aromatic heterocycles. The summed E-state index contributed by atoms with van der Waals surface area (Å²) < 4.78 is 1.96. The molecule has 35 heavy (non-hydrogen) atoms. The van der Waals surface area contributed by atoms with E-state index in [9.17, 15) is 4.79 Å². The summed E-state index contributed by atoms with van der Waals surface area (Å²) in [6.45, 7) is 11.6. The van der Waals surface area contributed by atoms with E-state index in [1.807, 2.05) is 55.8 Å². The van der Waals surface area contributed by atoms with Crippen molar-refractivity contribution in [3.8, 4) is 5.69 Å². The molecule has 2 aromatic carbocycles. The second-order valence-electron chi connectivity index (χ2n) is 9.71. The van der Waals surface area contributed by atoms with Gasteiger partial charge < -0.3 is 10.2 Å². The molecule has 1 amide bonds. The Kier molecular flexibility index (Phi) is 6.01. The highest BCUT2D eigenvalue weighted by Crippen LogP contribution is 2.32. The van der Waals surface area contributed by atoms with Crippen LogP contribution in [0, 0.1) is 40.5 Å². The molecule has 0 aliphatic carbocycles. The number of anilines is 2. The van der Waals surface area contributed by atoms with Crippen molar-refractivity contribution in [3.05, 3.63) is 70.5 Å². The van der Waals surface area contributed by atoms with E-state index in [0.717, 1.165) is 70.0 Å². The number of para-hydroxylation sites is 1. The maximum Gasteiger partial charge on any atom is 0.229 e. The molecule has 7 nitrogen and oxygen atoms in total. The molecule has 1 aliphatic heterocycles. The molecule has 1 atom stereocenters. The van der Waals surface area contributed by atoms with Crippen molar-refractivity contribution in [2.24, 2.45) is 5.92 Å². The average Bonchev–Trinajstić information content (AvgIpc) is 3.20. The minimum Gasteiger partial charge on any atom is -0.352 e. The lowest BCUT2D eigenvalue weighted by Gasteiger charge is -2.33. The van der Waals surface area contributed by atoms with Crippen LogP contribution in [-0.2, 0) is 4.79 Å². The fourth-order valence-electron chi connectivity index (χ4n) is 5.33. The van der Waals surface area contributed by atoms with Crippen LogP contribution in [0.4, 0.5) is 11.5 Å². The van der Waals surface area contributed by atoms with Gasteiger partial charge in [-0.25, -0.2) is 4.68 Å². The third-order valence-electron chi connectivity index (χ3n) is 7.00. The van der Waals surface area contributed by atoms with E-state index in [0.29, 0.717) is 6.54 Å². The van der Waals surface area contributed by atoms with Crippen LogP contribution >= 0.6 is 0 Å². The minimum absolute atomic E-state index is 0.0621. The highest BCUT2D eigenvalue weighted by molar-refractivity contribution is 5.95. The molecule has 7 heteroatoms. The lowest BCUT2D eigenvalue weighted by Crippen LogP contribution is -2.41. The van der Waals surface area contributed by atoms with E-state index < -0.39 is 0 Å². The molecule has 1 N–H and O–H groups in total. The van der Waals surface area contributed by atoms with Crippen LogP contribution < -0.4 is 10.2 Å². The van der Waals surface area contributed by atoms with Gasteiger partial charge in [0.1, 0.15) is 5.52 Å². The van der Waals surface area contributed by atoms with Crippen molar-refractivity contribution in [1.29, 1.82) is 0 Å². The van der Waals surface area contributed by atoms with Gasteiger partial charge in [0.2, 0.25) is 5.91 Å².